The second kappa shape index (κ2) is 11.8. The summed E-state index contributed by atoms with van der Waals surface area (Å²) in [6, 6.07) is 7.07. The number of halogens is 2. The minimum absolute atomic E-state index is 0.0235. The number of methoxy groups -OCH3 is 1. The average Bonchev–Trinajstić information content (AvgIpc) is 2.96. The number of hydrogen-bond donors (Lipinski definition) is 2. The van der Waals surface area contributed by atoms with Crippen LogP contribution < -0.4 is 20.3 Å². The van der Waals surface area contributed by atoms with Gasteiger partial charge in [0.2, 0.25) is 11.8 Å². The van der Waals surface area contributed by atoms with Crippen LogP contribution in [0.25, 0.3) is 22.2 Å². The Labute approximate surface area is 247 Å². The van der Waals surface area contributed by atoms with Gasteiger partial charge in [-0.05, 0) is 70.1 Å². The lowest BCUT2D eigenvalue weighted by Crippen LogP contribution is -2.36. The lowest BCUT2D eigenvalue weighted by molar-refractivity contribution is 0.221. The van der Waals surface area contributed by atoms with E-state index < -0.39 is 21.4 Å². The predicted molar refractivity (Wildman–Crippen MR) is 160 cm³/mol. The summed E-state index contributed by atoms with van der Waals surface area (Å²) < 4.78 is 50.1. The highest BCUT2D eigenvalue weighted by Gasteiger charge is 2.24. The summed E-state index contributed by atoms with van der Waals surface area (Å²) in [4.78, 5) is 28.3. The number of aryl methyl sites for hydroxylation is 1. The highest BCUT2D eigenvalue weighted by Crippen LogP contribution is 2.30. The highest BCUT2D eigenvalue weighted by atomic mass is 35.5. The summed E-state index contributed by atoms with van der Waals surface area (Å²) in [6.45, 7) is 0. The maximum atomic E-state index is 15.1. The van der Waals surface area contributed by atoms with E-state index >= 15 is 4.39 Å². The van der Waals surface area contributed by atoms with Gasteiger partial charge < -0.3 is 15.0 Å². The monoisotopic (exact) mass is 615 g/mol. The number of nitrogens with one attached hydrogen (secondary N) is 2. The molecule has 3 aromatic heterocycles. The van der Waals surface area contributed by atoms with Gasteiger partial charge in [-0.2, -0.15) is 4.98 Å². The van der Waals surface area contributed by atoms with E-state index in [4.69, 9.17) is 16.3 Å². The van der Waals surface area contributed by atoms with Crippen LogP contribution in [-0.2, 0) is 17.1 Å². The van der Waals surface area contributed by atoms with E-state index in [-0.39, 0.29) is 38.7 Å². The van der Waals surface area contributed by atoms with Crippen LogP contribution in [-0.4, -0.2) is 66.1 Å². The molecule has 4 aromatic rings. The number of pyridine rings is 2. The molecule has 1 aliphatic carbocycles. The summed E-state index contributed by atoms with van der Waals surface area (Å²) in [7, 11) is 2.79. The van der Waals surface area contributed by atoms with Gasteiger partial charge in [0.1, 0.15) is 11.5 Å². The van der Waals surface area contributed by atoms with Crippen LogP contribution in [0.4, 0.5) is 16.0 Å². The number of ether oxygens (including phenoxy) is 1. The first-order chi connectivity index (χ1) is 20.0. The Hall–Kier alpha value is -3.81. The SMILES string of the molecule is COc1ncc(Cl)cc1S(=O)(=O)Nc1ccc(F)c(-c2cc3cnc(NC4CCC(N(C)C)CC4)nc3n(C)c2=O)c1. The van der Waals surface area contributed by atoms with Crippen molar-refractivity contribution in [2.45, 2.75) is 42.7 Å². The van der Waals surface area contributed by atoms with E-state index in [1.807, 2.05) is 0 Å². The summed E-state index contributed by atoms with van der Waals surface area (Å²) in [5.74, 6) is -0.441. The van der Waals surface area contributed by atoms with E-state index in [2.05, 4.69) is 44.0 Å². The second-order valence-corrected chi connectivity index (χ2v) is 12.6. The molecule has 0 spiro atoms. The van der Waals surface area contributed by atoms with E-state index in [9.17, 15) is 13.2 Å². The predicted octanol–water partition coefficient (Wildman–Crippen LogP) is 4.28. The van der Waals surface area contributed by atoms with Crippen LogP contribution in [0, 0.1) is 5.82 Å². The van der Waals surface area contributed by atoms with Crippen LogP contribution >= 0.6 is 11.6 Å². The number of hydrogen-bond acceptors (Lipinski definition) is 9. The van der Waals surface area contributed by atoms with Crippen molar-refractivity contribution in [2.24, 2.45) is 7.05 Å². The van der Waals surface area contributed by atoms with Crippen molar-refractivity contribution in [3.05, 3.63) is 63.9 Å². The number of anilines is 2. The minimum atomic E-state index is -4.22. The molecular weight excluding hydrogens is 585 g/mol. The van der Waals surface area contributed by atoms with Gasteiger partial charge in [0.25, 0.3) is 15.6 Å². The van der Waals surface area contributed by atoms with Crippen LogP contribution in [0.3, 0.4) is 0 Å². The molecule has 0 saturated heterocycles. The van der Waals surface area contributed by atoms with Crippen molar-refractivity contribution in [3.63, 3.8) is 0 Å². The van der Waals surface area contributed by atoms with Gasteiger partial charge in [-0.25, -0.2) is 22.8 Å². The smallest absolute Gasteiger partial charge is 0.267 e. The van der Waals surface area contributed by atoms with Gasteiger partial charge in [0, 0.05) is 48.2 Å². The van der Waals surface area contributed by atoms with Crippen molar-refractivity contribution >= 4 is 44.3 Å². The first-order valence-electron chi connectivity index (χ1n) is 13.3. The van der Waals surface area contributed by atoms with E-state index in [0.29, 0.717) is 23.0 Å². The number of aromatic nitrogens is 4. The maximum Gasteiger partial charge on any atom is 0.267 e. The Morgan fingerprint density at radius 2 is 1.81 bits per heavy atom. The normalized spacial score (nSPS) is 17.4. The number of fused-ring (bicyclic) bond motifs is 1. The third-order valence-corrected chi connectivity index (χ3v) is 9.07. The summed E-state index contributed by atoms with van der Waals surface area (Å²) in [6.07, 6.45) is 6.96. The standard InChI is InChI=1S/C28H31ClFN7O4S/c1-36(2)20-8-5-18(6-9-20)33-28-32-14-16-11-22(27(38)37(3)25(16)34-28)21-13-19(7-10-23(21)30)35-42(39,40)24-12-17(29)15-31-26(24)41-4/h7,10-15,18,20,35H,5-6,8-9H2,1-4H3,(H,32,33,34). The van der Waals surface area contributed by atoms with Gasteiger partial charge in [0.05, 0.1) is 17.7 Å². The Bertz CT molecular complexity index is 1810. The molecule has 0 radical (unpaired) electrons. The van der Waals surface area contributed by atoms with Crippen LogP contribution in [0.5, 0.6) is 5.88 Å². The number of nitrogens with zero attached hydrogens (tertiary/aromatic N) is 5. The zero-order valence-electron chi connectivity index (χ0n) is 23.6. The molecule has 0 bridgehead atoms. The molecule has 1 aliphatic rings. The Balaban J connectivity index is 1.44. The molecule has 0 amide bonds. The molecule has 2 N–H and O–H groups in total. The Morgan fingerprint density at radius 1 is 1.07 bits per heavy atom. The summed E-state index contributed by atoms with van der Waals surface area (Å²) >= 11 is 5.95. The quantitative estimate of drug-likeness (QED) is 0.298. The third kappa shape index (κ3) is 6.03. The molecule has 3 heterocycles. The molecular formula is C28H31ClFN7O4S. The first-order valence-corrected chi connectivity index (χ1v) is 15.1. The Kier molecular flexibility index (Phi) is 8.35. The van der Waals surface area contributed by atoms with E-state index in [1.165, 1.54) is 42.1 Å². The topological polar surface area (TPSA) is 131 Å². The molecule has 11 nitrogen and oxygen atoms in total. The zero-order chi connectivity index (χ0) is 30.2. The molecule has 222 valence electrons. The number of benzene rings is 1. The zero-order valence-corrected chi connectivity index (χ0v) is 25.1. The van der Waals surface area contributed by atoms with Gasteiger partial charge in [-0.15, -0.1) is 0 Å². The van der Waals surface area contributed by atoms with Crippen LogP contribution in [0.15, 0.2) is 52.4 Å². The van der Waals surface area contributed by atoms with Crippen LogP contribution in [0.1, 0.15) is 25.7 Å². The molecule has 1 fully saturated rings. The average molecular weight is 616 g/mol. The molecule has 0 aliphatic heterocycles. The van der Waals surface area contributed by atoms with Gasteiger partial charge >= 0.3 is 0 Å². The first kappa shape index (κ1) is 29.7. The maximum absolute atomic E-state index is 15.1. The van der Waals surface area contributed by atoms with Gasteiger partial charge in [-0.3, -0.25) is 14.1 Å². The third-order valence-electron chi connectivity index (χ3n) is 7.49. The molecule has 0 atom stereocenters. The van der Waals surface area contributed by atoms with Gasteiger partial charge in [0.15, 0.2) is 4.90 Å². The highest BCUT2D eigenvalue weighted by molar-refractivity contribution is 7.92. The molecule has 1 aromatic carbocycles. The molecule has 42 heavy (non-hydrogen) atoms. The lowest BCUT2D eigenvalue weighted by Gasteiger charge is -2.32. The van der Waals surface area contributed by atoms with Crippen molar-refractivity contribution < 1.29 is 17.5 Å². The van der Waals surface area contributed by atoms with Crippen molar-refractivity contribution in [1.82, 2.24) is 24.4 Å². The van der Waals surface area contributed by atoms with Crippen LogP contribution in [0.2, 0.25) is 5.02 Å². The number of rotatable bonds is 8. The molecule has 0 unspecified atom stereocenters. The van der Waals surface area contributed by atoms with Crippen molar-refractivity contribution in [1.29, 1.82) is 0 Å². The fourth-order valence-corrected chi connectivity index (χ4v) is 6.61. The van der Waals surface area contributed by atoms with Gasteiger partial charge in [-0.1, -0.05) is 11.6 Å². The van der Waals surface area contributed by atoms with E-state index in [1.54, 1.807) is 13.2 Å². The molecule has 14 heteroatoms. The van der Waals surface area contributed by atoms with Crippen molar-refractivity contribution in [3.8, 4) is 17.0 Å². The largest absolute Gasteiger partial charge is 0.480 e. The Morgan fingerprint density at radius 3 is 2.50 bits per heavy atom. The van der Waals surface area contributed by atoms with Crippen molar-refractivity contribution in [2.75, 3.05) is 31.2 Å². The summed E-state index contributed by atoms with van der Waals surface area (Å²) in [5, 5.41) is 4.00. The molecule has 1 saturated carbocycles. The lowest BCUT2D eigenvalue weighted by atomic mass is 9.91. The summed E-state index contributed by atoms with van der Waals surface area (Å²) in [5.41, 5.74) is -0.153. The minimum Gasteiger partial charge on any atom is -0.480 e. The second-order valence-electron chi connectivity index (χ2n) is 10.5. The van der Waals surface area contributed by atoms with E-state index in [0.717, 1.165) is 31.7 Å². The fraction of sp³-hybridized carbons (Fsp3) is 0.357. The number of sulfonamides is 1. The fourth-order valence-electron chi connectivity index (χ4n) is 5.19. The molecule has 5 rings (SSSR count).